The summed E-state index contributed by atoms with van der Waals surface area (Å²) in [5.74, 6) is -0.0258. The summed E-state index contributed by atoms with van der Waals surface area (Å²) in [6.07, 6.45) is -0.704. The quantitative estimate of drug-likeness (QED) is 0.486. The van der Waals surface area contributed by atoms with E-state index in [1.807, 2.05) is 0 Å². The molecule has 0 aromatic carbocycles. The Labute approximate surface area is 144 Å². The first-order chi connectivity index (χ1) is 11.7. The van der Waals surface area contributed by atoms with Gasteiger partial charge in [0, 0.05) is 0 Å². The number of hydrogen-bond donors (Lipinski definition) is 2. The summed E-state index contributed by atoms with van der Waals surface area (Å²) >= 11 is 0. The Balaban J connectivity index is 1.98. The van der Waals surface area contributed by atoms with Gasteiger partial charge in [-0.05, 0) is 27.7 Å². The van der Waals surface area contributed by atoms with E-state index >= 15 is 0 Å². The van der Waals surface area contributed by atoms with Crippen LogP contribution in [-0.4, -0.2) is 50.1 Å². The van der Waals surface area contributed by atoms with Crippen molar-refractivity contribution in [1.29, 1.82) is 0 Å². The van der Waals surface area contributed by atoms with Gasteiger partial charge in [0.25, 0.3) is 5.56 Å². The van der Waals surface area contributed by atoms with Gasteiger partial charge in [-0.15, -0.1) is 5.10 Å². The molecule has 25 heavy (non-hydrogen) atoms. The number of fused-ring (bicyclic) bond motifs is 1. The van der Waals surface area contributed by atoms with Crippen LogP contribution in [0.1, 0.15) is 27.7 Å². The van der Waals surface area contributed by atoms with E-state index < -0.39 is 13.2 Å². The highest BCUT2D eigenvalue weighted by Crippen LogP contribution is 2.50. The van der Waals surface area contributed by atoms with E-state index in [4.69, 9.17) is 19.5 Å². The molecule has 2 heterocycles. The maximum Gasteiger partial charge on any atom is 0.356 e. The number of aromatic nitrogens is 5. The monoisotopic (exact) mass is 374 g/mol. The highest BCUT2D eigenvalue weighted by molar-refractivity contribution is 7.53. The molecule has 3 N–H and O–H groups in total. The van der Waals surface area contributed by atoms with Crippen LogP contribution in [-0.2, 0) is 24.9 Å². The number of nitrogens with two attached hydrogens (primary N) is 1. The zero-order chi connectivity index (χ0) is 18.6. The summed E-state index contributed by atoms with van der Waals surface area (Å²) in [7, 11) is -3.36. The van der Waals surface area contributed by atoms with Crippen LogP contribution in [0.2, 0.25) is 0 Å². The first kappa shape index (κ1) is 19.5. The van der Waals surface area contributed by atoms with Crippen molar-refractivity contribution in [2.75, 3.05) is 18.7 Å². The predicted molar refractivity (Wildman–Crippen MR) is 91.2 cm³/mol. The standard InChI is InChI=1S/C13H23N6O5P/c1-8(2)23-25(21,24-9(3)4)7-22-6-5-19-11-10(17-18-19)12(20)16-13(14)15-11/h8-9H,5-7H2,1-4H3,(H3,14,15,16,20). The first-order valence-electron chi connectivity index (χ1n) is 7.83. The van der Waals surface area contributed by atoms with Crippen molar-refractivity contribution < 1.29 is 18.3 Å². The fraction of sp³-hybridized carbons (Fsp3) is 0.692. The van der Waals surface area contributed by atoms with Crippen LogP contribution < -0.4 is 11.3 Å². The van der Waals surface area contributed by atoms with Gasteiger partial charge in [-0.1, -0.05) is 5.21 Å². The molecular formula is C13H23N6O5P. The fourth-order valence-corrected chi connectivity index (χ4v) is 3.90. The van der Waals surface area contributed by atoms with Gasteiger partial charge >= 0.3 is 7.60 Å². The maximum atomic E-state index is 12.6. The number of anilines is 1. The Kier molecular flexibility index (Phi) is 6.28. The highest BCUT2D eigenvalue weighted by Gasteiger charge is 2.28. The average molecular weight is 374 g/mol. The molecule has 2 aromatic rings. The van der Waals surface area contributed by atoms with Crippen molar-refractivity contribution in [2.24, 2.45) is 0 Å². The molecule has 0 spiro atoms. The van der Waals surface area contributed by atoms with Gasteiger partial charge in [-0.25, -0.2) is 4.68 Å². The number of hydrogen-bond acceptors (Lipinski definition) is 9. The SMILES string of the molecule is CC(C)OP(=O)(COCCn1nnc2c(=O)[nH]c(N)nc21)OC(C)C. The second kappa shape index (κ2) is 8.05. The molecule has 0 atom stereocenters. The number of rotatable bonds is 9. The van der Waals surface area contributed by atoms with Gasteiger partial charge in [0.05, 0.1) is 25.4 Å². The minimum atomic E-state index is -3.36. The molecular weight excluding hydrogens is 351 g/mol. The third-order valence-electron chi connectivity index (χ3n) is 2.83. The third kappa shape index (κ3) is 5.33. The zero-order valence-electron chi connectivity index (χ0n) is 14.6. The lowest BCUT2D eigenvalue weighted by molar-refractivity contribution is 0.0951. The Bertz CT molecular complexity index is 803. The van der Waals surface area contributed by atoms with Crippen molar-refractivity contribution in [2.45, 2.75) is 46.4 Å². The Hall–Kier alpha value is -1.81. The molecule has 0 aliphatic heterocycles. The van der Waals surface area contributed by atoms with Gasteiger partial charge in [0.1, 0.15) is 6.35 Å². The van der Waals surface area contributed by atoms with E-state index in [2.05, 4.69) is 20.3 Å². The molecule has 0 bridgehead atoms. The minimum absolute atomic E-state index is 0.0258. The van der Waals surface area contributed by atoms with E-state index in [9.17, 15) is 9.36 Å². The Morgan fingerprint density at radius 1 is 1.24 bits per heavy atom. The molecule has 0 saturated carbocycles. The first-order valence-corrected chi connectivity index (χ1v) is 9.55. The van der Waals surface area contributed by atoms with Crippen LogP contribution in [0.25, 0.3) is 11.2 Å². The number of nitrogens with one attached hydrogen (secondary N) is 1. The molecule has 2 rings (SSSR count). The summed E-state index contributed by atoms with van der Waals surface area (Å²) in [5.41, 5.74) is 5.40. The molecule has 0 saturated heterocycles. The summed E-state index contributed by atoms with van der Waals surface area (Å²) in [6, 6.07) is 0. The smallest absolute Gasteiger partial charge is 0.356 e. The second-order valence-electron chi connectivity index (χ2n) is 5.89. The number of H-pyrrole nitrogens is 1. The lowest BCUT2D eigenvalue weighted by Gasteiger charge is -2.22. The molecule has 0 amide bonds. The fourth-order valence-electron chi connectivity index (χ4n) is 2.09. The lowest BCUT2D eigenvalue weighted by atomic mass is 10.5. The average Bonchev–Trinajstić information content (AvgIpc) is 2.85. The maximum absolute atomic E-state index is 12.6. The lowest BCUT2D eigenvalue weighted by Crippen LogP contribution is -2.15. The van der Waals surface area contributed by atoms with Crippen LogP contribution in [0.3, 0.4) is 0 Å². The van der Waals surface area contributed by atoms with Crippen LogP contribution >= 0.6 is 7.60 Å². The molecule has 140 valence electrons. The summed E-state index contributed by atoms with van der Waals surface area (Å²) in [5, 5.41) is 7.60. The molecule has 2 aromatic heterocycles. The van der Waals surface area contributed by atoms with Crippen LogP contribution in [0, 0.1) is 0 Å². The highest BCUT2D eigenvalue weighted by atomic mass is 31.2. The molecule has 0 aliphatic rings. The molecule has 0 radical (unpaired) electrons. The molecule has 0 fully saturated rings. The van der Waals surface area contributed by atoms with E-state index in [-0.39, 0.29) is 48.8 Å². The van der Waals surface area contributed by atoms with Crippen molar-refractivity contribution in [1.82, 2.24) is 25.0 Å². The number of ether oxygens (including phenoxy) is 1. The van der Waals surface area contributed by atoms with Gasteiger partial charge in [0.2, 0.25) is 5.95 Å². The van der Waals surface area contributed by atoms with Gasteiger partial charge in [0.15, 0.2) is 11.2 Å². The van der Waals surface area contributed by atoms with Crippen molar-refractivity contribution >= 4 is 24.7 Å². The van der Waals surface area contributed by atoms with Crippen molar-refractivity contribution in [3.63, 3.8) is 0 Å². The molecule has 0 aliphatic carbocycles. The summed E-state index contributed by atoms with van der Waals surface area (Å²) < 4.78 is 30.2. The van der Waals surface area contributed by atoms with Crippen LogP contribution in [0.5, 0.6) is 0 Å². The number of nitrogen functional groups attached to an aromatic ring is 1. The van der Waals surface area contributed by atoms with E-state index in [0.29, 0.717) is 0 Å². The normalized spacial score (nSPS) is 12.6. The van der Waals surface area contributed by atoms with Crippen LogP contribution in [0.4, 0.5) is 5.95 Å². The van der Waals surface area contributed by atoms with Gasteiger partial charge < -0.3 is 19.5 Å². The topological polar surface area (TPSA) is 147 Å². The van der Waals surface area contributed by atoms with E-state index in [0.717, 1.165) is 0 Å². The van der Waals surface area contributed by atoms with E-state index in [1.54, 1.807) is 27.7 Å². The number of nitrogens with zero attached hydrogens (tertiary/aromatic N) is 4. The van der Waals surface area contributed by atoms with E-state index in [1.165, 1.54) is 4.68 Å². The second-order valence-corrected chi connectivity index (χ2v) is 7.79. The number of aromatic amines is 1. The minimum Gasteiger partial charge on any atom is -0.369 e. The zero-order valence-corrected chi connectivity index (χ0v) is 15.5. The molecule has 12 heteroatoms. The van der Waals surface area contributed by atoms with Gasteiger partial charge in [-0.2, -0.15) is 4.98 Å². The predicted octanol–water partition coefficient (Wildman–Crippen LogP) is 1.11. The third-order valence-corrected chi connectivity index (χ3v) is 4.82. The summed E-state index contributed by atoms with van der Waals surface area (Å²) in [6.45, 7) is 7.48. The Morgan fingerprint density at radius 3 is 2.48 bits per heavy atom. The molecule has 0 unspecified atom stereocenters. The van der Waals surface area contributed by atoms with Crippen LogP contribution in [0.15, 0.2) is 4.79 Å². The van der Waals surface area contributed by atoms with Crippen molar-refractivity contribution in [3.8, 4) is 0 Å². The Morgan fingerprint density at radius 2 is 1.88 bits per heavy atom. The van der Waals surface area contributed by atoms with Gasteiger partial charge in [-0.3, -0.25) is 14.3 Å². The molecule has 11 nitrogen and oxygen atoms in total. The van der Waals surface area contributed by atoms with Crippen molar-refractivity contribution in [3.05, 3.63) is 10.4 Å². The largest absolute Gasteiger partial charge is 0.369 e. The summed E-state index contributed by atoms with van der Waals surface area (Å²) in [4.78, 5) is 18.0.